The van der Waals surface area contributed by atoms with Gasteiger partial charge in [-0.15, -0.1) is 0 Å². The first-order valence-corrected chi connectivity index (χ1v) is 7.76. The van der Waals surface area contributed by atoms with E-state index in [9.17, 15) is 14.0 Å². The van der Waals surface area contributed by atoms with Gasteiger partial charge in [0, 0.05) is 17.0 Å². The molecule has 1 aliphatic carbocycles. The topological polar surface area (TPSA) is 76.5 Å². The normalized spacial score (nSPS) is 15.2. The Labute approximate surface area is 133 Å². The van der Waals surface area contributed by atoms with Gasteiger partial charge in [-0.1, -0.05) is 25.0 Å². The molecule has 0 saturated heterocycles. The molecule has 1 saturated carbocycles. The van der Waals surface area contributed by atoms with E-state index in [1.54, 1.807) is 19.1 Å². The molecule has 2 amide bonds. The molecule has 0 radical (unpaired) electrons. The molecule has 6 heteroatoms. The average Bonchev–Trinajstić information content (AvgIpc) is 3.14. The summed E-state index contributed by atoms with van der Waals surface area (Å²) in [5, 5.41) is 0.568. The van der Waals surface area contributed by atoms with E-state index in [1.165, 1.54) is 11.0 Å². The summed E-state index contributed by atoms with van der Waals surface area (Å²) in [6.45, 7) is 1.57. The number of primary amides is 1. The number of nitrogens with two attached hydrogens (primary N) is 1. The van der Waals surface area contributed by atoms with Crippen molar-refractivity contribution in [3.63, 3.8) is 0 Å². The van der Waals surface area contributed by atoms with Gasteiger partial charge in [0.15, 0.2) is 17.2 Å². The number of hydrogen-bond acceptors (Lipinski definition) is 3. The lowest BCUT2D eigenvalue weighted by molar-refractivity contribution is -0.119. The van der Waals surface area contributed by atoms with E-state index < -0.39 is 17.6 Å². The van der Waals surface area contributed by atoms with Crippen molar-refractivity contribution in [1.82, 2.24) is 4.90 Å². The zero-order valence-corrected chi connectivity index (χ0v) is 13.0. The van der Waals surface area contributed by atoms with Crippen molar-refractivity contribution >= 4 is 22.8 Å². The summed E-state index contributed by atoms with van der Waals surface area (Å²) in [4.78, 5) is 25.7. The molecule has 23 heavy (non-hydrogen) atoms. The van der Waals surface area contributed by atoms with Crippen LogP contribution in [0.15, 0.2) is 22.6 Å². The van der Waals surface area contributed by atoms with Crippen LogP contribution in [0.5, 0.6) is 0 Å². The van der Waals surface area contributed by atoms with Gasteiger partial charge in [-0.3, -0.25) is 9.59 Å². The van der Waals surface area contributed by atoms with Gasteiger partial charge in [0.05, 0.1) is 0 Å². The quantitative estimate of drug-likeness (QED) is 0.941. The smallest absolute Gasteiger partial charge is 0.290 e. The third kappa shape index (κ3) is 2.81. The van der Waals surface area contributed by atoms with Crippen LogP contribution in [0.1, 0.15) is 41.8 Å². The second-order valence-electron chi connectivity index (χ2n) is 6.01. The zero-order valence-electron chi connectivity index (χ0n) is 13.0. The first kappa shape index (κ1) is 15.5. The molecule has 0 unspecified atom stereocenters. The van der Waals surface area contributed by atoms with Gasteiger partial charge in [0.2, 0.25) is 5.91 Å². The van der Waals surface area contributed by atoms with Crippen LogP contribution >= 0.6 is 0 Å². The SMILES string of the molecule is Cc1c(C(=O)N(CC(N)=O)C2CCCC2)oc2c(F)cccc12. The Kier molecular flexibility index (Phi) is 4.07. The Bertz CT molecular complexity index is 763. The van der Waals surface area contributed by atoms with E-state index in [2.05, 4.69) is 0 Å². The van der Waals surface area contributed by atoms with Crippen LogP contribution in [0.4, 0.5) is 4.39 Å². The van der Waals surface area contributed by atoms with Crippen molar-refractivity contribution < 1.29 is 18.4 Å². The second-order valence-corrected chi connectivity index (χ2v) is 6.01. The van der Waals surface area contributed by atoms with E-state index in [-0.39, 0.29) is 23.9 Å². The average molecular weight is 318 g/mol. The van der Waals surface area contributed by atoms with Crippen LogP contribution in [0.25, 0.3) is 11.0 Å². The summed E-state index contributed by atoms with van der Waals surface area (Å²) in [6, 6.07) is 4.55. The number of carbonyl (C=O) groups is 2. The number of carbonyl (C=O) groups excluding carboxylic acids is 2. The molecule has 1 aromatic carbocycles. The van der Waals surface area contributed by atoms with Gasteiger partial charge < -0.3 is 15.1 Å². The van der Waals surface area contributed by atoms with Crippen LogP contribution in [-0.4, -0.2) is 29.3 Å². The summed E-state index contributed by atoms with van der Waals surface area (Å²) >= 11 is 0. The highest BCUT2D eigenvalue weighted by Crippen LogP contribution is 2.30. The largest absolute Gasteiger partial charge is 0.448 e. The molecule has 1 fully saturated rings. The maximum absolute atomic E-state index is 13.9. The molecule has 1 heterocycles. The highest BCUT2D eigenvalue weighted by molar-refractivity contribution is 6.00. The number of para-hydroxylation sites is 1. The number of nitrogens with zero attached hydrogens (tertiary/aromatic N) is 1. The molecule has 0 atom stereocenters. The van der Waals surface area contributed by atoms with Gasteiger partial charge in [-0.05, 0) is 25.8 Å². The fourth-order valence-electron chi connectivity index (χ4n) is 3.29. The van der Waals surface area contributed by atoms with E-state index in [0.717, 1.165) is 25.7 Å². The Balaban J connectivity index is 2.01. The second kappa shape index (κ2) is 6.02. The highest BCUT2D eigenvalue weighted by atomic mass is 19.1. The van der Waals surface area contributed by atoms with Gasteiger partial charge in [-0.2, -0.15) is 0 Å². The highest BCUT2D eigenvalue weighted by Gasteiger charge is 2.32. The van der Waals surface area contributed by atoms with Crippen LogP contribution in [-0.2, 0) is 4.79 Å². The molecule has 2 aromatic rings. The maximum atomic E-state index is 13.9. The molecule has 2 N–H and O–H groups in total. The van der Waals surface area contributed by atoms with Crippen molar-refractivity contribution in [3.8, 4) is 0 Å². The predicted octanol–water partition coefficient (Wildman–Crippen LogP) is 2.75. The monoisotopic (exact) mass is 318 g/mol. The Morgan fingerprint density at radius 3 is 2.65 bits per heavy atom. The molecule has 0 bridgehead atoms. The van der Waals surface area contributed by atoms with Crippen LogP contribution in [0.2, 0.25) is 0 Å². The summed E-state index contributed by atoms with van der Waals surface area (Å²) < 4.78 is 19.4. The zero-order chi connectivity index (χ0) is 16.6. The number of halogens is 1. The third-order valence-electron chi connectivity index (χ3n) is 4.46. The first-order chi connectivity index (χ1) is 11.0. The molecule has 5 nitrogen and oxygen atoms in total. The van der Waals surface area contributed by atoms with Gasteiger partial charge >= 0.3 is 0 Å². The first-order valence-electron chi connectivity index (χ1n) is 7.76. The number of aryl methyl sites for hydroxylation is 1. The minimum atomic E-state index is -0.565. The Morgan fingerprint density at radius 1 is 1.35 bits per heavy atom. The predicted molar refractivity (Wildman–Crippen MR) is 83.4 cm³/mol. The molecule has 1 aliphatic rings. The van der Waals surface area contributed by atoms with E-state index >= 15 is 0 Å². The lowest BCUT2D eigenvalue weighted by Gasteiger charge is -2.27. The Morgan fingerprint density at radius 2 is 2.04 bits per heavy atom. The summed E-state index contributed by atoms with van der Waals surface area (Å²) in [5.74, 6) is -1.39. The number of furan rings is 1. The van der Waals surface area contributed by atoms with Crippen molar-refractivity contribution in [2.45, 2.75) is 38.6 Å². The fraction of sp³-hybridized carbons (Fsp3) is 0.412. The van der Waals surface area contributed by atoms with E-state index in [0.29, 0.717) is 10.9 Å². The number of rotatable bonds is 4. The van der Waals surface area contributed by atoms with Gasteiger partial charge in [0.1, 0.15) is 6.54 Å². The lowest BCUT2D eigenvalue weighted by atomic mass is 10.1. The molecular formula is C17H19FN2O3. The minimum Gasteiger partial charge on any atom is -0.448 e. The maximum Gasteiger partial charge on any atom is 0.290 e. The number of hydrogen-bond donors (Lipinski definition) is 1. The Hall–Kier alpha value is -2.37. The van der Waals surface area contributed by atoms with E-state index in [4.69, 9.17) is 10.2 Å². The molecule has 3 rings (SSSR count). The van der Waals surface area contributed by atoms with E-state index in [1.807, 2.05) is 0 Å². The molecular weight excluding hydrogens is 299 g/mol. The number of amides is 2. The lowest BCUT2D eigenvalue weighted by Crippen LogP contribution is -2.44. The summed E-state index contributed by atoms with van der Waals surface area (Å²) in [7, 11) is 0. The molecule has 122 valence electrons. The van der Waals surface area contributed by atoms with Crippen LogP contribution in [0.3, 0.4) is 0 Å². The standard InChI is InChI=1S/C17H19FN2O3/c1-10-12-7-4-8-13(18)16(12)23-15(10)17(22)20(9-14(19)21)11-5-2-3-6-11/h4,7-8,11H,2-3,5-6,9H2,1H3,(H2,19,21). The van der Waals surface area contributed by atoms with Crippen molar-refractivity contribution in [2.24, 2.45) is 5.73 Å². The van der Waals surface area contributed by atoms with Crippen molar-refractivity contribution in [2.75, 3.05) is 6.54 Å². The third-order valence-corrected chi connectivity index (χ3v) is 4.46. The summed E-state index contributed by atoms with van der Waals surface area (Å²) in [5.41, 5.74) is 5.94. The molecule has 0 aliphatic heterocycles. The fourth-order valence-corrected chi connectivity index (χ4v) is 3.29. The van der Waals surface area contributed by atoms with Crippen LogP contribution in [0, 0.1) is 12.7 Å². The van der Waals surface area contributed by atoms with Crippen molar-refractivity contribution in [1.29, 1.82) is 0 Å². The number of benzene rings is 1. The summed E-state index contributed by atoms with van der Waals surface area (Å²) in [6.07, 6.45) is 3.71. The molecule has 0 spiro atoms. The molecule has 1 aromatic heterocycles. The van der Waals surface area contributed by atoms with Gasteiger partial charge in [0.25, 0.3) is 5.91 Å². The number of fused-ring (bicyclic) bond motifs is 1. The van der Waals surface area contributed by atoms with Gasteiger partial charge in [-0.25, -0.2) is 4.39 Å². The van der Waals surface area contributed by atoms with Crippen LogP contribution < -0.4 is 5.73 Å². The van der Waals surface area contributed by atoms with Crippen molar-refractivity contribution in [3.05, 3.63) is 35.3 Å². The minimum absolute atomic E-state index is 0.0209.